The largest absolute Gasteiger partial charge is 0.417 e. The molecule has 2 aromatic rings. The van der Waals surface area contributed by atoms with E-state index in [1.54, 1.807) is 24.4 Å². The minimum absolute atomic E-state index is 0.328. The second kappa shape index (κ2) is 3.40. The summed E-state index contributed by atoms with van der Waals surface area (Å²) in [5.41, 5.74) is 0. The number of ether oxygens (including phenoxy) is 1. The van der Waals surface area contributed by atoms with Crippen molar-refractivity contribution in [2.75, 3.05) is 0 Å². The van der Waals surface area contributed by atoms with E-state index in [1.807, 2.05) is 0 Å². The molecule has 0 radical (unpaired) electrons. The van der Waals surface area contributed by atoms with Gasteiger partial charge < -0.3 is 4.74 Å². The van der Waals surface area contributed by atoms with Crippen LogP contribution >= 0.6 is 11.6 Å². The Hall–Kier alpha value is -1.62. The number of nitrogens with zero attached hydrogens (tertiary/aromatic N) is 3. The number of hydrogen-bond acceptors (Lipinski definition) is 4. The summed E-state index contributed by atoms with van der Waals surface area (Å²) in [5.74, 6) is 0.799. The Balaban J connectivity index is 2.15. The zero-order valence-corrected chi connectivity index (χ0v) is 7.19. The summed E-state index contributed by atoms with van der Waals surface area (Å²) in [6.45, 7) is 0. The van der Waals surface area contributed by atoms with Crippen LogP contribution in [0.25, 0.3) is 0 Å². The Bertz CT molecular complexity index is 372. The number of hydrogen-bond donors (Lipinski definition) is 1. The summed E-state index contributed by atoms with van der Waals surface area (Å²) >= 11 is 5.54. The third-order valence-electron chi connectivity index (χ3n) is 1.29. The lowest BCUT2D eigenvalue weighted by Crippen LogP contribution is -1.90. The first-order valence-electron chi connectivity index (χ1n) is 3.51. The third-order valence-corrected chi connectivity index (χ3v) is 1.49. The van der Waals surface area contributed by atoms with Gasteiger partial charge in [0.25, 0.3) is 0 Å². The monoisotopic (exact) mass is 196 g/mol. The summed E-state index contributed by atoms with van der Waals surface area (Å²) in [5, 5.41) is 14.0. The Kier molecular flexibility index (Phi) is 2.09. The van der Waals surface area contributed by atoms with Crippen molar-refractivity contribution in [1.29, 1.82) is 0 Å². The van der Waals surface area contributed by atoms with E-state index in [2.05, 4.69) is 20.4 Å². The predicted octanol–water partition coefficient (Wildman–Crippen LogP) is 1.65. The van der Waals surface area contributed by atoms with Crippen LogP contribution in [0.15, 0.2) is 24.4 Å². The van der Waals surface area contributed by atoms with Gasteiger partial charge in [0.1, 0.15) is 0 Å². The molecule has 0 spiro atoms. The van der Waals surface area contributed by atoms with Gasteiger partial charge in [-0.1, -0.05) is 11.6 Å². The van der Waals surface area contributed by atoms with Crippen LogP contribution in [0.2, 0.25) is 5.15 Å². The highest BCUT2D eigenvalue weighted by Gasteiger charge is 1.99. The summed E-state index contributed by atoms with van der Waals surface area (Å²) in [6, 6.07) is 4.89. The molecule has 0 aliphatic rings. The average Bonchev–Trinajstić information content (AvgIpc) is 2.62. The van der Waals surface area contributed by atoms with Crippen molar-refractivity contribution >= 4 is 11.6 Å². The molecule has 0 saturated heterocycles. The normalized spacial score (nSPS) is 9.92. The van der Waals surface area contributed by atoms with E-state index >= 15 is 0 Å². The quantitative estimate of drug-likeness (QED) is 0.793. The lowest BCUT2D eigenvalue weighted by molar-refractivity contribution is 0.436. The van der Waals surface area contributed by atoms with Gasteiger partial charge in [-0.15, -0.1) is 15.3 Å². The van der Waals surface area contributed by atoms with Crippen LogP contribution in [0.3, 0.4) is 0 Å². The number of H-pyrrole nitrogens is 1. The summed E-state index contributed by atoms with van der Waals surface area (Å²) < 4.78 is 5.20. The summed E-state index contributed by atoms with van der Waals surface area (Å²) in [6.07, 6.45) is 1.65. The van der Waals surface area contributed by atoms with Crippen molar-refractivity contribution in [2.45, 2.75) is 0 Å². The topological polar surface area (TPSA) is 63.7 Å². The third kappa shape index (κ3) is 1.94. The molecular formula is C7H5ClN4O. The highest BCUT2D eigenvalue weighted by atomic mass is 35.5. The van der Waals surface area contributed by atoms with Crippen molar-refractivity contribution in [3.8, 4) is 11.8 Å². The second-order valence-corrected chi connectivity index (χ2v) is 2.60. The zero-order chi connectivity index (χ0) is 9.10. The number of aromatic amines is 1. The molecule has 0 fully saturated rings. The van der Waals surface area contributed by atoms with E-state index < -0.39 is 0 Å². The molecule has 0 unspecified atom stereocenters. The van der Waals surface area contributed by atoms with Crippen molar-refractivity contribution in [1.82, 2.24) is 20.4 Å². The minimum atomic E-state index is 0.328. The lowest BCUT2D eigenvalue weighted by atomic mass is 10.6. The molecule has 0 bridgehead atoms. The van der Waals surface area contributed by atoms with Crippen molar-refractivity contribution in [3.05, 3.63) is 29.5 Å². The van der Waals surface area contributed by atoms with Gasteiger partial charge in [0.2, 0.25) is 11.8 Å². The standard InChI is InChI=1S/C7H5ClN4O/c8-5-1-2-6(12-10-5)13-7-3-4-9-11-7/h1-4H,(H,9,11). The molecule has 2 heterocycles. The fraction of sp³-hybridized carbons (Fsp3) is 0. The Morgan fingerprint density at radius 2 is 2.08 bits per heavy atom. The molecule has 0 atom stereocenters. The fourth-order valence-corrected chi connectivity index (χ4v) is 0.870. The van der Waals surface area contributed by atoms with E-state index in [-0.39, 0.29) is 0 Å². The van der Waals surface area contributed by atoms with Crippen LogP contribution in [-0.4, -0.2) is 20.4 Å². The van der Waals surface area contributed by atoms with Crippen LogP contribution < -0.4 is 4.74 Å². The lowest BCUT2D eigenvalue weighted by Gasteiger charge is -1.97. The van der Waals surface area contributed by atoms with Gasteiger partial charge in [-0.25, -0.2) is 0 Å². The van der Waals surface area contributed by atoms with E-state index in [0.717, 1.165) is 0 Å². The molecule has 0 saturated carbocycles. The van der Waals surface area contributed by atoms with E-state index in [0.29, 0.717) is 16.9 Å². The molecule has 0 aliphatic carbocycles. The van der Waals surface area contributed by atoms with Gasteiger partial charge >= 0.3 is 0 Å². The molecule has 6 heteroatoms. The van der Waals surface area contributed by atoms with Gasteiger partial charge in [0, 0.05) is 18.3 Å². The molecule has 5 nitrogen and oxygen atoms in total. The maximum atomic E-state index is 5.54. The Labute approximate surface area is 78.7 Å². The molecule has 1 N–H and O–H groups in total. The Morgan fingerprint density at radius 3 is 2.69 bits per heavy atom. The molecule has 2 rings (SSSR count). The van der Waals surface area contributed by atoms with Crippen LogP contribution in [0, 0.1) is 0 Å². The van der Waals surface area contributed by atoms with Gasteiger partial charge in [-0.05, 0) is 6.07 Å². The van der Waals surface area contributed by atoms with E-state index in [1.165, 1.54) is 0 Å². The minimum Gasteiger partial charge on any atom is -0.417 e. The van der Waals surface area contributed by atoms with Gasteiger partial charge in [0.15, 0.2) is 5.15 Å². The van der Waals surface area contributed by atoms with Crippen LogP contribution in [0.1, 0.15) is 0 Å². The molecule has 0 aromatic carbocycles. The molecule has 0 aliphatic heterocycles. The summed E-state index contributed by atoms with van der Waals surface area (Å²) in [7, 11) is 0. The van der Waals surface area contributed by atoms with Crippen LogP contribution in [0.5, 0.6) is 11.8 Å². The van der Waals surface area contributed by atoms with Crippen LogP contribution in [0.4, 0.5) is 0 Å². The van der Waals surface area contributed by atoms with Crippen LogP contribution in [-0.2, 0) is 0 Å². The highest BCUT2D eigenvalue weighted by Crippen LogP contribution is 2.15. The Morgan fingerprint density at radius 1 is 1.15 bits per heavy atom. The first kappa shape index (κ1) is 8.00. The van der Waals surface area contributed by atoms with Crippen molar-refractivity contribution in [2.24, 2.45) is 0 Å². The van der Waals surface area contributed by atoms with Gasteiger partial charge in [-0.2, -0.15) is 0 Å². The number of nitrogens with one attached hydrogen (secondary N) is 1. The number of halogens is 1. The first-order chi connectivity index (χ1) is 6.34. The predicted molar refractivity (Wildman–Crippen MR) is 45.7 cm³/mol. The number of aromatic nitrogens is 4. The maximum Gasteiger partial charge on any atom is 0.240 e. The van der Waals surface area contributed by atoms with E-state index in [4.69, 9.17) is 16.3 Å². The zero-order valence-electron chi connectivity index (χ0n) is 6.44. The number of rotatable bonds is 2. The van der Waals surface area contributed by atoms with Crippen molar-refractivity contribution in [3.63, 3.8) is 0 Å². The highest BCUT2D eigenvalue weighted by molar-refractivity contribution is 6.29. The molecule has 2 aromatic heterocycles. The van der Waals surface area contributed by atoms with E-state index in [9.17, 15) is 0 Å². The maximum absolute atomic E-state index is 5.54. The molecular weight excluding hydrogens is 192 g/mol. The molecule has 66 valence electrons. The molecule has 0 amide bonds. The van der Waals surface area contributed by atoms with Crippen molar-refractivity contribution < 1.29 is 4.74 Å². The van der Waals surface area contributed by atoms with Gasteiger partial charge in [0.05, 0.1) is 0 Å². The smallest absolute Gasteiger partial charge is 0.240 e. The van der Waals surface area contributed by atoms with Gasteiger partial charge in [-0.3, -0.25) is 5.10 Å². The molecule has 13 heavy (non-hydrogen) atoms. The SMILES string of the molecule is Clc1ccc(Oc2cc[nH]n2)nn1. The second-order valence-electron chi connectivity index (χ2n) is 2.21. The first-order valence-corrected chi connectivity index (χ1v) is 3.89. The average molecular weight is 197 g/mol. The summed E-state index contributed by atoms with van der Waals surface area (Å²) in [4.78, 5) is 0. The fourth-order valence-electron chi connectivity index (χ4n) is 0.769.